The predicted octanol–water partition coefficient (Wildman–Crippen LogP) is 3.97. The normalized spacial score (nSPS) is 10.3. The Balaban J connectivity index is 2.12. The van der Waals surface area contributed by atoms with E-state index < -0.39 is 0 Å². The monoisotopic (exact) mass is 277 g/mol. The van der Waals surface area contributed by atoms with Crippen molar-refractivity contribution in [3.8, 4) is 11.5 Å². The van der Waals surface area contributed by atoms with Crippen molar-refractivity contribution in [2.24, 2.45) is 0 Å². The summed E-state index contributed by atoms with van der Waals surface area (Å²) in [7, 11) is 1.57. The molecule has 0 fully saturated rings. The van der Waals surface area contributed by atoms with Crippen LogP contribution in [0.1, 0.15) is 11.1 Å². The number of hydrogen-bond acceptors (Lipinski definition) is 3. The van der Waals surface area contributed by atoms with Gasteiger partial charge in [0, 0.05) is 28.9 Å². The van der Waals surface area contributed by atoms with Crippen LogP contribution in [-0.2, 0) is 6.54 Å². The van der Waals surface area contributed by atoms with Crippen molar-refractivity contribution >= 4 is 17.3 Å². The second-order valence-corrected chi connectivity index (χ2v) is 4.67. The zero-order valence-electron chi connectivity index (χ0n) is 10.9. The first-order valence-electron chi connectivity index (χ1n) is 5.96. The number of anilines is 1. The van der Waals surface area contributed by atoms with Crippen molar-refractivity contribution in [1.82, 2.24) is 0 Å². The van der Waals surface area contributed by atoms with Gasteiger partial charge in [-0.3, -0.25) is 0 Å². The number of benzene rings is 2. The number of methoxy groups -OCH3 is 1. The third-order valence-electron chi connectivity index (χ3n) is 3.03. The lowest BCUT2D eigenvalue weighted by Gasteiger charge is -2.12. The molecule has 0 spiro atoms. The maximum absolute atomic E-state index is 9.88. The fraction of sp³-hybridized carbons (Fsp3) is 0.200. The molecule has 4 heteroatoms. The van der Waals surface area contributed by atoms with Crippen LogP contribution in [0.2, 0.25) is 5.02 Å². The molecule has 0 aliphatic rings. The Labute approximate surface area is 117 Å². The highest BCUT2D eigenvalue weighted by Crippen LogP contribution is 2.26. The maximum Gasteiger partial charge on any atom is 0.124 e. The van der Waals surface area contributed by atoms with E-state index in [1.54, 1.807) is 13.2 Å². The Kier molecular flexibility index (Phi) is 4.17. The van der Waals surface area contributed by atoms with E-state index in [1.165, 1.54) is 0 Å². The third kappa shape index (κ3) is 3.12. The number of halogens is 1. The van der Waals surface area contributed by atoms with Gasteiger partial charge >= 0.3 is 0 Å². The molecule has 2 N–H and O–H groups in total. The average molecular weight is 278 g/mol. The first-order chi connectivity index (χ1) is 9.11. The van der Waals surface area contributed by atoms with Crippen molar-refractivity contribution in [3.63, 3.8) is 0 Å². The molecule has 2 aromatic rings. The number of aromatic hydroxyl groups is 1. The van der Waals surface area contributed by atoms with Crippen molar-refractivity contribution in [2.45, 2.75) is 13.5 Å². The van der Waals surface area contributed by atoms with E-state index in [2.05, 4.69) is 5.32 Å². The van der Waals surface area contributed by atoms with E-state index in [0.717, 1.165) is 21.8 Å². The first kappa shape index (κ1) is 13.6. The van der Waals surface area contributed by atoms with Gasteiger partial charge in [0.15, 0.2) is 0 Å². The van der Waals surface area contributed by atoms with Crippen LogP contribution in [0.3, 0.4) is 0 Å². The molecule has 0 bridgehead atoms. The number of phenols is 1. The van der Waals surface area contributed by atoms with Gasteiger partial charge in [0.2, 0.25) is 0 Å². The molecule has 0 heterocycles. The molecule has 0 aromatic heterocycles. The average Bonchev–Trinajstić information content (AvgIpc) is 2.41. The Morgan fingerprint density at radius 3 is 2.74 bits per heavy atom. The van der Waals surface area contributed by atoms with E-state index in [9.17, 15) is 5.11 Å². The molecule has 0 saturated carbocycles. The van der Waals surface area contributed by atoms with Gasteiger partial charge < -0.3 is 15.2 Å². The number of rotatable bonds is 4. The zero-order valence-corrected chi connectivity index (χ0v) is 11.7. The van der Waals surface area contributed by atoms with Gasteiger partial charge in [-0.1, -0.05) is 17.7 Å². The molecule has 3 nitrogen and oxygen atoms in total. The molecule has 0 unspecified atom stereocenters. The van der Waals surface area contributed by atoms with Crippen LogP contribution < -0.4 is 10.1 Å². The Morgan fingerprint density at radius 1 is 1.26 bits per heavy atom. The molecular formula is C15H16ClNO2. The maximum atomic E-state index is 9.88. The second kappa shape index (κ2) is 5.85. The topological polar surface area (TPSA) is 41.5 Å². The van der Waals surface area contributed by atoms with E-state index in [0.29, 0.717) is 12.3 Å². The predicted molar refractivity (Wildman–Crippen MR) is 78.2 cm³/mol. The lowest BCUT2D eigenvalue weighted by atomic mass is 10.1. The summed E-state index contributed by atoms with van der Waals surface area (Å²) < 4.78 is 5.05. The van der Waals surface area contributed by atoms with Gasteiger partial charge in [0.25, 0.3) is 0 Å². The number of hydrogen-bond donors (Lipinski definition) is 2. The minimum absolute atomic E-state index is 0.214. The fourth-order valence-corrected chi connectivity index (χ4v) is 1.98. The summed E-state index contributed by atoms with van der Waals surface area (Å²) >= 11 is 6.06. The SMILES string of the molecule is COc1ccc(CNc2cccc(Cl)c2C)c(O)c1. The van der Waals surface area contributed by atoms with Crippen LogP contribution in [0.15, 0.2) is 36.4 Å². The van der Waals surface area contributed by atoms with Gasteiger partial charge in [0.1, 0.15) is 11.5 Å². The van der Waals surface area contributed by atoms with Crippen molar-refractivity contribution in [2.75, 3.05) is 12.4 Å². The van der Waals surface area contributed by atoms with Gasteiger partial charge in [-0.2, -0.15) is 0 Å². The lowest BCUT2D eigenvalue weighted by Crippen LogP contribution is -2.01. The molecule has 19 heavy (non-hydrogen) atoms. The minimum Gasteiger partial charge on any atom is -0.507 e. The van der Waals surface area contributed by atoms with Gasteiger partial charge in [-0.25, -0.2) is 0 Å². The largest absolute Gasteiger partial charge is 0.507 e. The summed E-state index contributed by atoms with van der Waals surface area (Å²) in [4.78, 5) is 0. The lowest BCUT2D eigenvalue weighted by molar-refractivity contribution is 0.406. The molecule has 2 aromatic carbocycles. The highest BCUT2D eigenvalue weighted by Gasteiger charge is 2.05. The van der Waals surface area contributed by atoms with E-state index in [1.807, 2.05) is 37.3 Å². The minimum atomic E-state index is 0.214. The summed E-state index contributed by atoms with van der Waals surface area (Å²) in [6.45, 7) is 2.48. The smallest absolute Gasteiger partial charge is 0.124 e. The molecule has 2 rings (SSSR count). The molecule has 0 aliphatic heterocycles. The van der Waals surface area contributed by atoms with E-state index >= 15 is 0 Å². The molecular weight excluding hydrogens is 262 g/mol. The molecule has 0 radical (unpaired) electrons. The van der Waals surface area contributed by atoms with Crippen molar-refractivity contribution in [1.29, 1.82) is 0 Å². The van der Waals surface area contributed by atoms with Gasteiger partial charge in [-0.15, -0.1) is 0 Å². The molecule has 100 valence electrons. The third-order valence-corrected chi connectivity index (χ3v) is 3.44. The zero-order chi connectivity index (χ0) is 13.8. The van der Waals surface area contributed by atoms with Crippen LogP contribution in [0, 0.1) is 6.92 Å². The quantitative estimate of drug-likeness (QED) is 0.888. The van der Waals surface area contributed by atoms with Crippen molar-refractivity contribution < 1.29 is 9.84 Å². The Morgan fingerprint density at radius 2 is 2.05 bits per heavy atom. The highest BCUT2D eigenvalue weighted by atomic mass is 35.5. The standard InChI is InChI=1S/C15H16ClNO2/c1-10-13(16)4-3-5-14(10)17-9-11-6-7-12(19-2)8-15(11)18/h3-8,17-18H,9H2,1-2H3. The van der Waals surface area contributed by atoms with Crippen LogP contribution in [0.25, 0.3) is 0 Å². The summed E-state index contributed by atoms with van der Waals surface area (Å²) in [6, 6.07) is 11.0. The van der Waals surface area contributed by atoms with E-state index in [4.69, 9.17) is 16.3 Å². The van der Waals surface area contributed by atoms with Crippen LogP contribution in [0.5, 0.6) is 11.5 Å². The molecule has 0 amide bonds. The highest BCUT2D eigenvalue weighted by molar-refractivity contribution is 6.31. The van der Waals surface area contributed by atoms with E-state index in [-0.39, 0.29) is 5.75 Å². The van der Waals surface area contributed by atoms with Gasteiger partial charge in [0.05, 0.1) is 7.11 Å². The Bertz CT molecular complexity index is 584. The number of nitrogens with one attached hydrogen (secondary N) is 1. The van der Waals surface area contributed by atoms with Gasteiger partial charge in [-0.05, 0) is 36.8 Å². The molecule has 0 atom stereocenters. The summed E-state index contributed by atoms with van der Waals surface area (Å²) in [6.07, 6.45) is 0. The van der Waals surface area contributed by atoms with Crippen molar-refractivity contribution in [3.05, 3.63) is 52.5 Å². The van der Waals surface area contributed by atoms with Crippen LogP contribution in [-0.4, -0.2) is 12.2 Å². The van der Waals surface area contributed by atoms with Crippen LogP contribution in [0.4, 0.5) is 5.69 Å². The molecule has 0 aliphatic carbocycles. The first-order valence-corrected chi connectivity index (χ1v) is 6.34. The summed E-state index contributed by atoms with van der Waals surface area (Å²) in [5.41, 5.74) is 2.76. The summed E-state index contributed by atoms with van der Waals surface area (Å²) in [5, 5.41) is 13.9. The van der Waals surface area contributed by atoms with Crippen LogP contribution >= 0.6 is 11.6 Å². The Hall–Kier alpha value is -1.87. The number of ether oxygens (including phenoxy) is 1. The summed E-state index contributed by atoms with van der Waals surface area (Å²) in [5.74, 6) is 0.853. The second-order valence-electron chi connectivity index (χ2n) is 4.26. The fourth-order valence-electron chi connectivity index (χ4n) is 1.81. The number of phenolic OH excluding ortho intramolecular Hbond substituents is 1. The molecule has 0 saturated heterocycles.